The van der Waals surface area contributed by atoms with Crippen molar-refractivity contribution in [2.45, 2.75) is 52.2 Å². The molecule has 1 rings (SSSR count). The lowest BCUT2D eigenvalue weighted by Gasteiger charge is -2.10. The minimum absolute atomic E-state index is 0.346. The summed E-state index contributed by atoms with van der Waals surface area (Å²) in [6.07, 6.45) is 9.14. The van der Waals surface area contributed by atoms with Crippen molar-refractivity contribution in [1.29, 1.82) is 0 Å². The van der Waals surface area contributed by atoms with Crippen molar-refractivity contribution in [3.05, 3.63) is 18.0 Å². The molecular formula is C13H21N3. The Morgan fingerprint density at radius 2 is 2.31 bits per heavy atom. The lowest BCUT2D eigenvalue weighted by Crippen LogP contribution is -2.25. The molecule has 0 radical (unpaired) electrons. The Morgan fingerprint density at radius 1 is 1.56 bits per heavy atom. The molecule has 1 heterocycles. The Morgan fingerprint density at radius 3 is 2.94 bits per heavy atom. The fourth-order valence-electron chi connectivity index (χ4n) is 1.43. The van der Waals surface area contributed by atoms with Gasteiger partial charge in [-0.25, -0.2) is 0 Å². The first-order valence-electron chi connectivity index (χ1n) is 5.88. The van der Waals surface area contributed by atoms with Gasteiger partial charge < -0.3 is 5.32 Å². The van der Waals surface area contributed by atoms with Crippen LogP contribution in [0.15, 0.2) is 12.3 Å². The van der Waals surface area contributed by atoms with Crippen molar-refractivity contribution in [1.82, 2.24) is 15.1 Å². The molecule has 0 amide bonds. The van der Waals surface area contributed by atoms with Crippen LogP contribution in [0.25, 0.3) is 0 Å². The molecule has 1 N–H and O–H groups in total. The summed E-state index contributed by atoms with van der Waals surface area (Å²) < 4.78 is 2.02. The Balaban J connectivity index is 2.44. The van der Waals surface area contributed by atoms with Crippen LogP contribution in [0.2, 0.25) is 0 Å². The number of nitrogens with zero attached hydrogens (tertiary/aromatic N) is 2. The van der Waals surface area contributed by atoms with Crippen LogP contribution in [0.1, 0.15) is 45.3 Å². The molecule has 2 unspecified atom stereocenters. The first kappa shape index (κ1) is 12.8. The van der Waals surface area contributed by atoms with Crippen molar-refractivity contribution >= 4 is 0 Å². The maximum absolute atomic E-state index is 5.25. The second-order valence-corrected chi connectivity index (χ2v) is 4.23. The second kappa shape index (κ2) is 6.34. The number of rotatable bonds is 6. The van der Waals surface area contributed by atoms with E-state index < -0.39 is 0 Å². The zero-order valence-electron chi connectivity index (χ0n) is 10.4. The van der Waals surface area contributed by atoms with Crippen LogP contribution in [0.5, 0.6) is 0 Å². The molecular weight excluding hydrogens is 198 g/mol. The van der Waals surface area contributed by atoms with E-state index in [0.29, 0.717) is 12.1 Å². The van der Waals surface area contributed by atoms with E-state index in [4.69, 9.17) is 6.42 Å². The van der Waals surface area contributed by atoms with Crippen molar-refractivity contribution < 1.29 is 0 Å². The Bertz CT molecular complexity index is 348. The zero-order valence-corrected chi connectivity index (χ0v) is 10.4. The highest BCUT2D eigenvalue weighted by Crippen LogP contribution is 2.09. The van der Waals surface area contributed by atoms with E-state index >= 15 is 0 Å². The van der Waals surface area contributed by atoms with E-state index in [1.807, 2.05) is 10.9 Å². The lowest BCUT2D eigenvalue weighted by atomic mass is 10.2. The summed E-state index contributed by atoms with van der Waals surface area (Å²) in [6, 6.07) is 2.87. The van der Waals surface area contributed by atoms with Gasteiger partial charge in [0.05, 0.1) is 5.69 Å². The third kappa shape index (κ3) is 3.71. The molecule has 0 spiro atoms. The molecule has 88 valence electrons. The molecule has 0 aliphatic heterocycles. The van der Waals surface area contributed by atoms with E-state index in [9.17, 15) is 0 Å². The topological polar surface area (TPSA) is 29.9 Å². The van der Waals surface area contributed by atoms with Crippen LogP contribution in [0.4, 0.5) is 0 Å². The molecule has 1 aromatic heterocycles. The van der Waals surface area contributed by atoms with Crippen molar-refractivity contribution in [2.24, 2.45) is 0 Å². The van der Waals surface area contributed by atoms with E-state index in [-0.39, 0.29) is 0 Å². The molecule has 0 bridgehead atoms. The maximum atomic E-state index is 5.25. The van der Waals surface area contributed by atoms with Gasteiger partial charge in [0, 0.05) is 31.2 Å². The molecule has 1 aromatic rings. The molecule has 0 aromatic carbocycles. The smallest absolute Gasteiger partial charge is 0.0762 e. The van der Waals surface area contributed by atoms with Gasteiger partial charge in [0.1, 0.15) is 0 Å². The highest BCUT2D eigenvalue weighted by Gasteiger charge is 2.05. The average Bonchev–Trinajstić information content (AvgIpc) is 2.74. The summed E-state index contributed by atoms with van der Waals surface area (Å²) >= 11 is 0. The fraction of sp³-hybridized carbons (Fsp3) is 0.615. The lowest BCUT2D eigenvalue weighted by molar-refractivity contribution is 0.467. The molecule has 0 saturated carbocycles. The van der Waals surface area contributed by atoms with Crippen LogP contribution < -0.4 is 5.32 Å². The van der Waals surface area contributed by atoms with E-state index in [1.54, 1.807) is 0 Å². The van der Waals surface area contributed by atoms with Gasteiger partial charge in [0.2, 0.25) is 0 Å². The van der Waals surface area contributed by atoms with E-state index in [1.165, 1.54) is 0 Å². The monoisotopic (exact) mass is 219 g/mol. The van der Waals surface area contributed by atoms with Gasteiger partial charge in [-0.15, -0.1) is 12.3 Å². The minimum atomic E-state index is 0.346. The number of aromatic nitrogens is 2. The third-order valence-electron chi connectivity index (χ3n) is 2.76. The second-order valence-electron chi connectivity index (χ2n) is 4.23. The van der Waals surface area contributed by atoms with Gasteiger partial charge in [-0.05, 0) is 26.3 Å². The summed E-state index contributed by atoms with van der Waals surface area (Å²) in [6.45, 7) is 7.21. The SMILES string of the molecule is C#CCC(C)NCc1ccn(C(C)CC)n1. The van der Waals surface area contributed by atoms with Crippen LogP contribution >= 0.6 is 0 Å². The average molecular weight is 219 g/mol. The summed E-state index contributed by atoms with van der Waals surface area (Å²) in [7, 11) is 0. The molecule has 3 nitrogen and oxygen atoms in total. The summed E-state index contributed by atoms with van der Waals surface area (Å²) in [4.78, 5) is 0. The number of hydrogen-bond donors (Lipinski definition) is 1. The maximum Gasteiger partial charge on any atom is 0.0762 e. The molecule has 0 aliphatic carbocycles. The molecule has 2 atom stereocenters. The van der Waals surface area contributed by atoms with Crippen LogP contribution in [-0.2, 0) is 6.54 Å². The summed E-state index contributed by atoms with van der Waals surface area (Å²) in [5, 5.41) is 7.87. The van der Waals surface area contributed by atoms with Gasteiger partial charge >= 0.3 is 0 Å². The normalized spacial score (nSPS) is 14.4. The van der Waals surface area contributed by atoms with E-state index in [2.05, 4.69) is 43.2 Å². The van der Waals surface area contributed by atoms with Gasteiger partial charge in [0.25, 0.3) is 0 Å². The van der Waals surface area contributed by atoms with Gasteiger partial charge in [-0.2, -0.15) is 5.10 Å². The molecule has 0 fully saturated rings. The Hall–Kier alpha value is -1.27. The first-order valence-corrected chi connectivity index (χ1v) is 5.88. The quantitative estimate of drug-likeness (QED) is 0.744. The van der Waals surface area contributed by atoms with Crippen LogP contribution in [0, 0.1) is 12.3 Å². The standard InChI is InChI=1S/C13H21N3/c1-5-7-11(3)14-10-13-8-9-16(15-13)12(4)6-2/h1,8-9,11-12,14H,6-7,10H2,2-4H3. The summed E-state index contributed by atoms with van der Waals surface area (Å²) in [5.41, 5.74) is 1.07. The number of hydrogen-bond acceptors (Lipinski definition) is 2. The molecule has 0 aliphatic rings. The summed E-state index contributed by atoms with van der Waals surface area (Å²) in [5.74, 6) is 2.65. The van der Waals surface area contributed by atoms with Gasteiger partial charge in [-0.1, -0.05) is 6.92 Å². The largest absolute Gasteiger partial charge is 0.308 e. The first-order chi connectivity index (χ1) is 7.67. The van der Waals surface area contributed by atoms with Crippen molar-refractivity contribution in [2.75, 3.05) is 0 Å². The molecule has 16 heavy (non-hydrogen) atoms. The number of terminal acetylenes is 1. The van der Waals surface area contributed by atoms with Gasteiger partial charge in [0.15, 0.2) is 0 Å². The predicted molar refractivity (Wildman–Crippen MR) is 67.0 cm³/mol. The third-order valence-corrected chi connectivity index (χ3v) is 2.76. The number of nitrogens with one attached hydrogen (secondary N) is 1. The van der Waals surface area contributed by atoms with Crippen molar-refractivity contribution in [3.63, 3.8) is 0 Å². The van der Waals surface area contributed by atoms with Crippen LogP contribution in [0.3, 0.4) is 0 Å². The zero-order chi connectivity index (χ0) is 12.0. The molecule has 3 heteroatoms. The minimum Gasteiger partial charge on any atom is -0.308 e. The Kier molecular flexibility index (Phi) is 5.07. The van der Waals surface area contributed by atoms with Crippen molar-refractivity contribution in [3.8, 4) is 12.3 Å². The molecule has 0 saturated heterocycles. The highest BCUT2D eigenvalue weighted by atomic mass is 15.3. The van der Waals surface area contributed by atoms with Gasteiger partial charge in [-0.3, -0.25) is 4.68 Å². The van der Waals surface area contributed by atoms with Crippen LogP contribution in [-0.4, -0.2) is 15.8 Å². The highest BCUT2D eigenvalue weighted by molar-refractivity contribution is 5.00. The Labute approximate surface area is 98.2 Å². The van der Waals surface area contributed by atoms with E-state index in [0.717, 1.165) is 25.1 Å². The predicted octanol–water partition coefficient (Wildman–Crippen LogP) is 2.36. The fourth-order valence-corrected chi connectivity index (χ4v) is 1.43.